The number of pyridine rings is 1. The van der Waals surface area contributed by atoms with E-state index in [1.54, 1.807) is 43.6 Å². The van der Waals surface area contributed by atoms with E-state index in [9.17, 15) is 18.4 Å². The van der Waals surface area contributed by atoms with Gasteiger partial charge in [0.15, 0.2) is 11.5 Å². The lowest BCUT2D eigenvalue weighted by molar-refractivity contribution is -0.286. The number of benzene rings is 2. The molecule has 0 spiro atoms. The van der Waals surface area contributed by atoms with Crippen molar-refractivity contribution in [3.63, 3.8) is 0 Å². The van der Waals surface area contributed by atoms with Crippen LogP contribution in [0, 0.1) is 0 Å². The third-order valence-corrected chi connectivity index (χ3v) is 5.93. The van der Waals surface area contributed by atoms with Crippen LogP contribution in [0.4, 0.5) is 14.5 Å². The number of hydrogen-bond donors (Lipinski definition) is 0. The first-order valence-corrected chi connectivity index (χ1v) is 11.4. The van der Waals surface area contributed by atoms with Crippen LogP contribution < -0.4 is 19.9 Å². The molecule has 1 aliphatic heterocycles. The normalized spacial score (nSPS) is 13.7. The molecule has 0 radical (unpaired) electrons. The van der Waals surface area contributed by atoms with Crippen molar-refractivity contribution in [3.8, 4) is 11.5 Å². The first-order chi connectivity index (χ1) is 17.2. The summed E-state index contributed by atoms with van der Waals surface area (Å²) in [4.78, 5) is 31.9. The summed E-state index contributed by atoms with van der Waals surface area (Å²) in [5.74, 6) is -0.767. The number of carbonyl (C=O) groups is 1. The highest BCUT2D eigenvalue weighted by atomic mass is 35.5. The molecule has 0 saturated heterocycles. The fourth-order valence-corrected chi connectivity index (χ4v) is 4.25. The molecule has 1 amide bonds. The number of halogens is 3. The zero-order valence-electron chi connectivity index (χ0n) is 19.0. The maximum absolute atomic E-state index is 13.4. The van der Waals surface area contributed by atoms with Crippen molar-refractivity contribution in [1.29, 1.82) is 0 Å². The molecule has 2 aromatic heterocycles. The van der Waals surface area contributed by atoms with Crippen LogP contribution >= 0.6 is 11.6 Å². The Morgan fingerprint density at radius 3 is 2.67 bits per heavy atom. The second-order valence-electron chi connectivity index (χ2n) is 8.07. The molecule has 0 bridgehead atoms. The molecule has 0 saturated carbocycles. The van der Waals surface area contributed by atoms with Gasteiger partial charge in [-0.25, -0.2) is 4.68 Å². The van der Waals surface area contributed by atoms with Crippen molar-refractivity contribution in [2.45, 2.75) is 26.2 Å². The monoisotopic (exact) mass is 512 g/mol. The van der Waals surface area contributed by atoms with Crippen LogP contribution in [0.2, 0.25) is 5.02 Å². The minimum absolute atomic E-state index is 0.127. The van der Waals surface area contributed by atoms with Gasteiger partial charge in [-0.15, -0.1) is 8.78 Å². The van der Waals surface area contributed by atoms with E-state index in [4.69, 9.17) is 11.6 Å². The van der Waals surface area contributed by atoms with E-state index in [0.717, 1.165) is 10.2 Å². The van der Waals surface area contributed by atoms with Crippen molar-refractivity contribution in [2.24, 2.45) is 0 Å². The smallest absolute Gasteiger partial charge is 0.395 e. The lowest BCUT2D eigenvalue weighted by Gasteiger charge is -2.22. The average molecular weight is 513 g/mol. The molecule has 8 nitrogen and oxygen atoms in total. The van der Waals surface area contributed by atoms with E-state index in [0.29, 0.717) is 33.6 Å². The quantitative estimate of drug-likeness (QED) is 0.380. The molecule has 184 valence electrons. The molecule has 11 heteroatoms. The highest BCUT2D eigenvalue weighted by Crippen LogP contribution is 2.42. The van der Waals surface area contributed by atoms with E-state index < -0.39 is 17.8 Å². The fourth-order valence-electron chi connectivity index (χ4n) is 4.08. The van der Waals surface area contributed by atoms with Crippen molar-refractivity contribution in [2.75, 3.05) is 11.4 Å². The van der Waals surface area contributed by atoms with Crippen LogP contribution in [0.5, 0.6) is 11.5 Å². The number of aromatic nitrogens is 3. The summed E-state index contributed by atoms with van der Waals surface area (Å²) in [5.41, 5.74) is 1.29. The minimum atomic E-state index is -3.77. The molecule has 0 fully saturated rings. The van der Waals surface area contributed by atoms with Crippen molar-refractivity contribution in [3.05, 3.63) is 87.6 Å². The second kappa shape index (κ2) is 9.19. The number of anilines is 1. The van der Waals surface area contributed by atoms with Gasteiger partial charge in [-0.1, -0.05) is 17.7 Å². The number of alkyl halides is 2. The maximum atomic E-state index is 13.4. The third kappa shape index (κ3) is 4.59. The van der Waals surface area contributed by atoms with Gasteiger partial charge >= 0.3 is 6.29 Å². The lowest BCUT2D eigenvalue weighted by Crippen LogP contribution is -2.37. The molecular formula is C25H19ClF2N4O4. The first-order valence-electron chi connectivity index (χ1n) is 11.0. The highest BCUT2D eigenvalue weighted by Gasteiger charge is 2.43. The lowest BCUT2D eigenvalue weighted by atomic mass is 10.1. The van der Waals surface area contributed by atoms with Crippen LogP contribution in [0.15, 0.2) is 65.7 Å². The molecule has 0 N–H and O–H groups in total. The summed E-state index contributed by atoms with van der Waals surface area (Å²) in [6.07, 6.45) is -0.0480. The summed E-state index contributed by atoms with van der Waals surface area (Å²) in [6.45, 7) is 1.58. The predicted molar refractivity (Wildman–Crippen MR) is 129 cm³/mol. The minimum Gasteiger partial charge on any atom is -0.395 e. The first kappa shape index (κ1) is 23.7. The topological polar surface area (TPSA) is 86.6 Å². The van der Waals surface area contributed by atoms with Crippen molar-refractivity contribution < 1.29 is 23.0 Å². The van der Waals surface area contributed by atoms with E-state index in [1.165, 1.54) is 23.1 Å². The standard InChI is InChI=1S/C25H19ClF2N4O4/c1-2-31(17-6-8-21-22(12-17)36-25(27,28)35-21)23(33)14-32-24(34)18-7-5-16(26)11-19(18)20(30-32)10-15-4-3-9-29-13-15/h3-9,11-13H,2,10,14H2,1H3. The molecule has 0 unspecified atom stereocenters. The van der Waals surface area contributed by atoms with E-state index in [2.05, 4.69) is 19.6 Å². The van der Waals surface area contributed by atoms with Crippen LogP contribution in [0.25, 0.3) is 10.8 Å². The Balaban J connectivity index is 1.49. The van der Waals surface area contributed by atoms with Gasteiger partial charge in [0.2, 0.25) is 5.91 Å². The fraction of sp³-hybridized carbons (Fsp3) is 0.200. The Morgan fingerprint density at radius 1 is 1.11 bits per heavy atom. The Hall–Kier alpha value is -4.05. The van der Waals surface area contributed by atoms with Crippen molar-refractivity contribution in [1.82, 2.24) is 14.8 Å². The van der Waals surface area contributed by atoms with Crippen molar-refractivity contribution >= 4 is 34.0 Å². The number of ether oxygens (including phenoxy) is 2. The number of amides is 1. The van der Waals surface area contributed by atoms with Gasteiger partial charge in [-0.3, -0.25) is 14.6 Å². The largest absolute Gasteiger partial charge is 0.586 e. The number of fused-ring (bicyclic) bond motifs is 2. The molecule has 0 aliphatic carbocycles. The zero-order valence-corrected chi connectivity index (χ0v) is 19.7. The van der Waals surface area contributed by atoms with Crippen LogP contribution in [-0.2, 0) is 17.8 Å². The van der Waals surface area contributed by atoms with Gasteiger partial charge in [0, 0.05) is 47.5 Å². The van der Waals surface area contributed by atoms with Gasteiger partial charge in [0.25, 0.3) is 5.56 Å². The summed E-state index contributed by atoms with van der Waals surface area (Å²) in [5, 5.41) is 5.90. The number of carbonyl (C=O) groups excluding carboxylic acids is 1. The Bertz CT molecular complexity index is 1530. The zero-order chi connectivity index (χ0) is 25.4. The van der Waals surface area contributed by atoms with Gasteiger partial charge in [0.1, 0.15) is 6.54 Å². The molecule has 4 aromatic rings. The van der Waals surface area contributed by atoms with Crippen LogP contribution in [-0.4, -0.2) is 33.5 Å². The average Bonchev–Trinajstić information content (AvgIpc) is 3.16. The maximum Gasteiger partial charge on any atom is 0.586 e. The summed E-state index contributed by atoms with van der Waals surface area (Å²) >= 11 is 6.18. The molecule has 0 atom stereocenters. The Morgan fingerprint density at radius 2 is 1.92 bits per heavy atom. The van der Waals surface area contributed by atoms with Gasteiger partial charge in [0.05, 0.1) is 11.1 Å². The highest BCUT2D eigenvalue weighted by molar-refractivity contribution is 6.31. The number of hydrogen-bond acceptors (Lipinski definition) is 6. The Kier molecular flexibility index (Phi) is 6.05. The van der Waals surface area contributed by atoms with E-state index >= 15 is 0 Å². The SMILES string of the molecule is CCN(C(=O)Cn1nc(Cc2cccnc2)c2cc(Cl)ccc2c1=O)c1ccc2c(c1)OC(F)(F)O2. The molecule has 2 aromatic carbocycles. The molecule has 5 rings (SSSR count). The second-order valence-corrected chi connectivity index (χ2v) is 8.51. The van der Waals surface area contributed by atoms with Crippen LogP contribution in [0.3, 0.4) is 0 Å². The van der Waals surface area contributed by atoms with Gasteiger partial charge in [-0.05, 0) is 48.9 Å². The van der Waals surface area contributed by atoms with E-state index in [-0.39, 0.29) is 24.6 Å². The number of nitrogens with zero attached hydrogens (tertiary/aromatic N) is 4. The summed E-state index contributed by atoms with van der Waals surface area (Å²) < 4.78 is 36.8. The Labute approximate surface area is 208 Å². The number of rotatable bonds is 6. The summed E-state index contributed by atoms with van der Waals surface area (Å²) in [6, 6.07) is 12.6. The predicted octanol–water partition coefficient (Wildman–Crippen LogP) is 4.41. The van der Waals surface area contributed by atoms with Gasteiger partial charge < -0.3 is 14.4 Å². The van der Waals surface area contributed by atoms with Crippen LogP contribution in [0.1, 0.15) is 18.2 Å². The molecule has 3 heterocycles. The molecule has 1 aliphatic rings. The molecular weight excluding hydrogens is 494 g/mol. The molecule has 36 heavy (non-hydrogen) atoms. The van der Waals surface area contributed by atoms with Gasteiger partial charge in [-0.2, -0.15) is 5.10 Å². The van der Waals surface area contributed by atoms with E-state index in [1.807, 2.05) is 6.07 Å². The number of likely N-dealkylation sites (N-methyl/N-ethyl adjacent to an activating group) is 1. The third-order valence-electron chi connectivity index (χ3n) is 5.69. The summed E-state index contributed by atoms with van der Waals surface area (Å²) in [7, 11) is 0.